The lowest BCUT2D eigenvalue weighted by atomic mass is 9.47. The average Bonchev–Trinajstić information content (AvgIpc) is 3.03. The lowest BCUT2D eigenvalue weighted by Crippen LogP contribution is -2.49. The molecule has 256 valence electrons. The zero-order valence-electron chi connectivity index (χ0n) is 30.8. The third kappa shape index (κ3) is 6.50. The van der Waals surface area contributed by atoms with Gasteiger partial charge in [0.25, 0.3) is 0 Å². The van der Waals surface area contributed by atoms with E-state index in [1.54, 1.807) is 0 Å². The maximum Gasteiger partial charge on any atom is 0.163 e. The highest BCUT2D eigenvalue weighted by Gasteiger charge is 2.54. The number of hydrogen-bond acceptors (Lipinski definition) is 2. The normalized spacial score (nSPS) is 32.8. The first kappa shape index (κ1) is 34.8. The monoisotopic (exact) mass is 644 g/mol. The number of carbonyl (C=O) groups is 2. The van der Waals surface area contributed by atoms with Gasteiger partial charge in [-0.05, 0) is 108 Å². The van der Waals surface area contributed by atoms with Crippen LogP contribution in [0.25, 0.3) is 12.2 Å². The van der Waals surface area contributed by atoms with Gasteiger partial charge < -0.3 is 0 Å². The van der Waals surface area contributed by atoms with Crippen molar-refractivity contribution in [1.29, 1.82) is 0 Å². The molecule has 0 radical (unpaired) electrons. The van der Waals surface area contributed by atoms with Crippen LogP contribution in [0.2, 0.25) is 0 Å². The maximum atomic E-state index is 13.6. The second-order valence-electron chi connectivity index (χ2n) is 18.1. The molecule has 0 bridgehead atoms. The Morgan fingerprint density at radius 1 is 0.604 bits per heavy atom. The molecule has 4 fully saturated rings. The Hall–Kier alpha value is -3.00. The van der Waals surface area contributed by atoms with Crippen molar-refractivity contribution in [2.45, 2.75) is 119 Å². The summed E-state index contributed by atoms with van der Waals surface area (Å²) in [7, 11) is 0. The second kappa shape index (κ2) is 13.0. The van der Waals surface area contributed by atoms with E-state index >= 15 is 0 Å². The zero-order valence-corrected chi connectivity index (χ0v) is 30.8. The predicted molar refractivity (Wildman–Crippen MR) is 202 cm³/mol. The molecule has 2 aromatic carbocycles. The molecule has 0 amide bonds. The Morgan fingerprint density at radius 2 is 0.958 bits per heavy atom. The lowest BCUT2D eigenvalue weighted by molar-refractivity contribution is -0.0520. The van der Waals surface area contributed by atoms with Crippen molar-refractivity contribution in [3.63, 3.8) is 0 Å². The van der Waals surface area contributed by atoms with Crippen molar-refractivity contribution in [3.05, 3.63) is 95.1 Å². The SMILES string of the molecule is C=C1CC[C@H]2C(C)(C)CCC[C@]2(C)[C@H]1CC(=O)c1ccc(/C=C/c2ccc(C(=O)C[C@H]3C(=C)CC[C@H]4C(C)(C)CCC[C@]34C)cc2)cc1. The van der Waals surface area contributed by atoms with Gasteiger partial charge >= 0.3 is 0 Å². The molecule has 0 N–H and O–H groups in total. The van der Waals surface area contributed by atoms with Gasteiger partial charge in [0.15, 0.2) is 11.6 Å². The number of rotatable bonds is 8. The van der Waals surface area contributed by atoms with Gasteiger partial charge in [0, 0.05) is 24.0 Å². The standard InChI is InChI=1S/C46H60O2/c1-31-11-23-41-43(3,4)25-9-27-45(41,7)37(31)29-39(47)35-19-15-33(16-20-35)13-14-34-17-21-36(22-18-34)40(48)30-38-32(2)12-24-42-44(5,6)26-10-28-46(38,42)8/h13-22,37-38,41-42H,1-2,9-12,23-30H2,3-8H3/b14-13+/t37-,38-,41-,42-,45+,46+/m0/s1. The molecule has 0 unspecified atom stereocenters. The minimum atomic E-state index is 0.161. The summed E-state index contributed by atoms with van der Waals surface area (Å²) in [5.41, 5.74) is 7.25. The summed E-state index contributed by atoms with van der Waals surface area (Å²) in [6.45, 7) is 23.6. The van der Waals surface area contributed by atoms with Crippen LogP contribution in [0.15, 0.2) is 72.8 Å². The predicted octanol–water partition coefficient (Wildman–Crippen LogP) is 12.6. The largest absolute Gasteiger partial charge is 0.294 e. The van der Waals surface area contributed by atoms with Crippen molar-refractivity contribution in [3.8, 4) is 0 Å². The van der Waals surface area contributed by atoms with Gasteiger partial charge in [-0.15, -0.1) is 0 Å². The van der Waals surface area contributed by atoms with Crippen LogP contribution in [0.5, 0.6) is 0 Å². The fourth-order valence-corrected chi connectivity index (χ4v) is 11.7. The van der Waals surface area contributed by atoms with Gasteiger partial charge in [-0.1, -0.05) is 139 Å². The third-order valence-corrected chi connectivity index (χ3v) is 14.4. The summed E-state index contributed by atoms with van der Waals surface area (Å²) < 4.78 is 0. The molecule has 0 heterocycles. The molecule has 4 aliphatic carbocycles. The number of fused-ring (bicyclic) bond motifs is 2. The highest BCUT2D eigenvalue weighted by atomic mass is 16.1. The van der Waals surface area contributed by atoms with E-state index in [2.05, 4.69) is 66.9 Å². The summed E-state index contributed by atoms with van der Waals surface area (Å²) in [6, 6.07) is 16.1. The molecule has 2 heteroatoms. The van der Waals surface area contributed by atoms with E-state index in [-0.39, 0.29) is 34.2 Å². The van der Waals surface area contributed by atoms with E-state index in [0.29, 0.717) is 35.5 Å². The topological polar surface area (TPSA) is 34.1 Å². The summed E-state index contributed by atoms with van der Waals surface area (Å²) in [5.74, 6) is 2.29. The fourth-order valence-electron chi connectivity index (χ4n) is 11.7. The maximum absolute atomic E-state index is 13.6. The first-order valence-electron chi connectivity index (χ1n) is 18.9. The van der Waals surface area contributed by atoms with Crippen LogP contribution in [0.4, 0.5) is 0 Å². The number of ketones is 2. The van der Waals surface area contributed by atoms with Crippen molar-refractivity contribution >= 4 is 23.7 Å². The van der Waals surface area contributed by atoms with Crippen molar-refractivity contribution in [2.75, 3.05) is 0 Å². The molecular weight excluding hydrogens is 585 g/mol. The van der Waals surface area contributed by atoms with Crippen molar-refractivity contribution in [1.82, 2.24) is 0 Å². The highest BCUT2D eigenvalue weighted by molar-refractivity contribution is 5.97. The summed E-state index contributed by atoms with van der Waals surface area (Å²) in [4.78, 5) is 27.2. The quantitative estimate of drug-likeness (QED) is 0.163. The molecule has 0 aromatic heterocycles. The second-order valence-corrected chi connectivity index (χ2v) is 18.1. The summed E-state index contributed by atoms with van der Waals surface area (Å²) >= 11 is 0. The molecule has 6 rings (SSSR count). The number of carbonyl (C=O) groups excluding carboxylic acids is 2. The molecule has 0 spiro atoms. The van der Waals surface area contributed by atoms with Crippen LogP contribution < -0.4 is 0 Å². The van der Waals surface area contributed by atoms with E-state index < -0.39 is 0 Å². The average molecular weight is 645 g/mol. The molecule has 0 saturated heterocycles. The number of allylic oxidation sites excluding steroid dienone is 2. The summed E-state index contributed by atoms with van der Waals surface area (Å²) in [6.07, 6.45) is 17.3. The minimum Gasteiger partial charge on any atom is -0.294 e. The Labute approximate surface area is 291 Å². The van der Waals surface area contributed by atoms with Gasteiger partial charge in [-0.2, -0.15) is 0 Å². The Morgan fingerprint density at radius 3 is 1.31 bits per heavy atom. The van der Waals surface area contributed by atoms with Crippen LogP contribution >= 0.6 is 0 Å². The van der Waals surface area contributed by atoms with Gasteiger partial charge in [0.1, 0.15) is 0 Å². The van der Waals surface area contributed by atoms with E-state index in [1.165, 1.54) is 62.5 Å². The van der Waals surface area contributed by atoms with Gasteiger partial charge in [0.05, 0.1) is 0 Å². The van der Waals surface area contributed by atoms with Crippen LogP contribution in [0.1, 0.15) is 150 Å². The van der Waals surface area contributed by atoms with Crippen LogP contribution in [0.3, 0.4) is 0 Å². The molecular formula is C46H60O2. The van der Waals surface area contributed by atoms with Crippen LogP contribution in [-0.2, 0) is 0 Å². The van der Waals surface area contributed by atoms with Crippen LogP contribution in [-0.4, -0.2) is 11.6 Å². The molecule has 6 atom stereocenters. The smallest absolute Gasteiger partial charge is 0.163 e. The number of benzene rings is 2. The Kier molecular flexibility index (Phi) is 9.46. The zero-order chi connectivity index (χ0) is 34.5. The first-order valence-corrected chi connectivity index (χ1v) is 18.9. The minimum absolute atomic E-state index is 0.161. The van der Waals surface area contributed by atoms with Crippen LogP contribution in [0, 0.1) is 45.3 Å². The third-order valence-electron chi connectivity index (χ3n) is 14.4. The van der Waals surface area contributed by atoms with Crippen molar-refractivity contribution < 1.29 is 9.59 Å². The van der Waals surface area contributed by atoms with Gasteiger partial charge in [0.2, 0.25) is 0 Å². The van der Waals surface area contributed by atoms with E-state index in [0.717, 1.165) is 35.1 Å². The highest BCUT2D eigenvalue weighted by Crippen LogP contribution is 2.63. The first-order chi connectivity index (χ1) is 22.6. The summed E-state index contributed by atoms with van der Waals surface area (Å²) in [5, 5.41) is 0. The van der Waals surface area contributed by atoms with Gasteiger partial charge in [-0.3, -0.25) is 9.59 Å². The molecule has 2 nitrogen and oxygen atoms in total. The number of hydrogen-bond donors (Lipinski definition) is 0. The lowest BCUT2D eigenvalue weighted by Gasteiger charge is -2.58. The number of Topliss-reactive ketones (excluding diaryl/α,β-unsaturated/α-hetero) is 2. The Bertz CT molecular complexity index is 1460. The van der Waals surface area contributed by atoms with E-state index in [4.69, 9.17) is 0 Å². The van der Waals surface area contributed by atoms with Gasteiger partial charge in [-0.25, -0.2) is 0 Å². The van der Waals surface area contributed by atoms with E-state index in [1.807, 2.05) is 48.5 Å². The van der Waals surface area contributed by atoms with Crippen molar-refractivity contribution in [2.24, 2.45) is 45.3 Å². The molecule has 4 saturated carbocycles. The fraction of sp³-hybridized carbons (Fsp3) is 0.565. The Balaban J connectivity index is 1.07. The molecule has 0 aliphatic heterocycles. The molecule has 48 heavy (non-hydrogen) atoms. The molecule has 4 aliphatic rings. The van der Waals surface area contributed by atoms with E-state index in [9.17, 15) is 9.59 Å². The molecule has 2 aromatic rings.